The number of aldehydes is 1. The van der Waals surface area contributed by atoms with Crippen molar-refractivity contribution in [3.63, 3.8) is 0 Å². The van der Waals surface area contributed by atoms with Crippen LogP contribution in [0.4, 0.5) is 0 Å². The largest absolute Gasteiger partial charge is 0.447 e. The Balaban J connectivity index is 2.18. The topological polar surface area (TPSA) is 56.0 Å². The number of carbonyl (C=O) groups is 1. The predicted molar refractivity (Wildman–Crippen MR) is 55.0 cm³/mol. The highest BCUT2D eigenvalue weighted by Gasteiger charge is 2.05. The predicted octanol–water partition coefficient (Wildman–Crippen LogP) is 2.34. The van der Waals surface area contributed by atoms with Crippen molar-refractivity contribution in [2.24, 2.45) is 0 Å². The van der Waals surface area contributed by atoms with Crippen LogP contribution in [0.3, 0.4) is 0 Å². The van der Waals surface area contributed by atoms with Crippen molar-refractivity contribution in [1.29, 1.82) is 0 Å². The number of aryl methyl sites for hydroxylation is 1. The summed E-state index contributed by atoms with van der Waals surface area (Å²) in [5.41, 5.74) is 0.898. The molecule has 2 aromatic rings. The van der Waals surface area contributed by atoms with Crippen molar-refractivity contribution in [3.05, 3.63) is 35.9 Å². The molecule has 15 heavy (non-hydrogen) atoms. The van der Waals surface area contributed by atoms with E-state index in [2.05, 4.69) is 9.97 Å². The number of aromatic nitrogens is 2. The molecular formula is C10H8N2O2S. The fourth-order valence-electron chi connectivity index (χ4n) is 1.02. The molecule has 2 aromatic heterocycles. The van der Waals surface area contributed by atoms with Crippen LogP contribution in [0.15, 0.2) is 39.1 Å². The summed E-state index contributed by atoms with van der Waals surface area (Å²) in [6.07, 6.45) is 2.36. The lowest BCUT2D eigenvalue weighted by Crippen LogP contribution is -1.86. The lowest BCUT2D eigenvalue weighted by atomic mass is 10.5. The third kappa shape index (κ3) is 2.44. The third-order valence-electron chi connectivity index (χ3n) is 1.68. The van der Waals surface area contributed by atoms with Gasteiger partial charge in [-0.2, -0.15) is 0 Å². The summed E-state index contributed by atoms with van der Waals surface area (Å²) in [6.45, 7) is 1.89. The van der Waals surface area contributed by atoms with Gasteiger partial charge in [0.05, 0.1) is 0 Å². The van der Waals surface area contributed by atoms with Crippen LogP contribution < -0.4 is 0 Å². The van der Waals surface area contributed by atoms with Crippen molar-refractivity contribution in [2.45, 2.75) is 17.2 Å². The summed E-state index contributed by atoms with van der Waals surface area (Å²) in [7, 11) is 0. The van der Waals surface area contributed by atoms with Gasteiger partial charge in [0.2, 0.25) is 0 Å². The molecular weight excluding hydrogens is 212 g/mol. The fourth-order valence-corrected chi connectivity index (χ4v) is 1.77. The molecule has 0 saturated heterocycles. The molecule has 0 aliphatic carbocycles. The molecule has 0 unspecified atom stereocenters. The van der Waals surface area contributed by atoms with Crippen LogP contribution in [0.25, 0.3) is 0 Å². The molecule has 0 N–H and O–H groups in total. The van der Waals surface area contributed by atoms with E-state index in [1.165, 1.54) is 11.8 Å². The molecule has 76 valence electrons. The van der Waals surface area contributed by atoms with Gasteiger partial charge in [0, 0.05) is 11.9 Å². The number of carbonyl (C=O) groups excluding carboxylic acids is 1. The number of rotatable bonds is 3. The maximum Gasteiger partial charge on any atom is 0.195 e. The molecule has 0 fully saturated rings. The minimum absolute atomic E-state index is 0.310. The van der Waals surface area contributed by atoms with E-state index < -0.39 is 0 Å². The van der Waals surface area contributed by atoms with Crippen molar-refractivity contribution < 1.29 is 9.21 Å². The third-order valence-corrected chi connectivity index (χ3v) is 2.48. The van der Waals surface area contributed by atoms with Crippen LogP contribution in [0.1, 0.15) is 16.2 Å². The van der Waals surface area contributed by atoms with E-state index >= 15 is 0 Å². The fraction of sp³-hybridized carbons (Fsp3) is 0.100. The first-order valence-corrected chi connectivity index (χ1v) is 5.12. The van der Waals surface area contributed by atoms with Crippen LogP contribution >= 0.6 is 11.8 Å². The van der Waals surface area contributed by atoms with Gasteiger partial charge >= 0.3 is 0 Å². The van der Waals surface area contributed by atoms with Crippen LogP contribution in [0.5, 0.6) is 0 Å². The van der Waals surface area contributed by atoms with Crippen LogP contribution in [-0.4, -0.2) is 16.3 Å². The van der Waals surface area contributed by atoms with E-state index in [4.69, 9.17) is 4.42 Å². The Labute approximate surface area is 90.7 Å². The normalized spacial score (nSPS) is 10.2. The molecule has 0 aromatic carbocycles. The standard InChI is InChI=1S/C10H8N2O2S/c1-7-4-5-11-10(12-7)15-9-3-2-8(6-13)14-9/h2-6H,1H3. The smallest absolute Gasteiger partial charge is 0.195 e. The lowest BCUT2D eigenvalue weighted by molar-refractivity contribution is 0.109. The van der Waals surface area contributed by atoms with Gasteiger partial charge in [-0.05, 0) is 36.9 Å². The summed E-state index contributed by atoms with van der Waals surface area (Å²) < 4.78 is 5.19. The first-order chi connectivity index (χ1) is 7.28. The molecule has 0 radical (unpaired) electrons. The second kappa shape index (κ2) is 4.27. The second-order valence-electron chi connectivity index (χ2n) is 2.86. The van der Waals surface area contributed by atoms with Gasteiger partial charge in [-0.25, -0.2) is 9.97 Å². The Morgan fingerprint density at radius 2 is 2.27 bits per heavy atom. The summed E-state index contributed by atoms with van der Waals surface area (Å²) in [4.78, 5) is 18.7. The summed E-state index contributed by atoms with van der Waals surface area (Å²) >= 11 is 1.29. The van der Waals surface area contributed by atoms with Crippen molar-refractivity contribution in [1.82, 2.24) is 9.97 Å². The molecule has 0 atom stereocenters. The average Bonchev–Trinajstić information content (AvgIpc) is 2.65. The Morgan fingerprint density at radius 1 is 1.40 bits per heavy atom. The van der Waals surface area contributed by atoms with Crippen LogP contribution in [0, 0.1) is 6.92 Å². The van der Waals surface area contributed by atoms with Gasteiger partial charge in [0.1, 0.15) is 0 Å². The van der Waals surface area contributed by atoms with Gasteiger partial charge < -0.3 is 4.42 Å². The average molecular weight is 220 g/mol. The Kier molecular flexibility index (Phi) is 2.82. The van der Waals surface area contributed by atoms with Crippen molar-refractivity contribution >= 4 is 18.0 Å². The van der Waals surface area contributed by atoms with E-state index in [0.717, 1.165) is 5.69 Å². The SMILES string of the molecule is Cc1ccnc(Sc2ccc(C=O)o2)n1. The van der Waals surface area contributed by atoms with Gasteiger partial charge in [0.25, 0.3) is 0 Å². The molecule has 0 spiro atoms. The molecule has 2 rings (SSSR count). The maximum absolute atomic E-state index is 10.4. The van der Waals surface area contributed by atoms with Crippen molar-refractivity contribution in [3.8, 4) is 0 Å². The minimum Gasteiger partial charge on any atom is -0.447 e. The van der Waals surface area contributed by atoms with E-state index in [-0.39, 0.29) is 0 Å². The number of furan rings is 1. The van der Waals surface area contributed by atoms with Gasteiger partial charge in [0.15, 0.2) is 22.3 Å². The first-order valence-electron chi connectivity index (χ1n) is 4.30. The molecule has 0 aliphatic rings. The van der Waals surface area contributed by atoms with Crippen LogP contribution in [0.2, 0.25) is 0 Å². The van der Waals surface area contributed by atoms with E-state index in [1.54, 1.807) is 18.3 Å². The number of nitrogens with zero attached hydrogens (tertiary/aromatic N) is 2. The lowest BCUT2D eigenvalue weighted by Gasteiger charge is -1.96. The second-order valence-corrected chi connectivity index (χ2v) is 3.83. The molecule has 2 heterocycles. The zero-order valence-electron chi connectivity index (χ0n) is 8.01. The molecule has 0 aliphatic heterocycles. The number of hydrogen-bond donors (Lipinski definition) is 0. The Morgan fingerprint density at radius 3 is 2.93 bits per heavy atom. The van der Waals surface area contributed by atoms with E-state index in [9.17, 15) is 4.79 Å². The highest BCUT2D eigenvalue weighted by Crippen LogP contribution is 2.25. The molecule has 0 amide bonds. The van der Waals surface area contributed by atoms with Crippen LogP contribution in [-0.2, 0) is 0 Å². The number of hydrogen-bond acceptors (Lipinski definition) is 5. The first kappa shape index (κ1) is 9.92. The Hall–Kier alpha value is -1.62. The highest BCUT2D eigenvalue weighted by molar-refractivity contribution is 7.99. The minimum atomic E-state index is 0.310. The molecule has 5 heteroatoms. The van der Waals surface area contributed by atoms with Crippen molar-refractivity contribution in [2.75, 3.05) is 0 Å². The summed E-state index contributed by atoms with van der Waals surface area (Å²) in [5, 5.41) is 1.23. The van der Waals surface area contributed by atoms with E-state index in [1.807, 2.05) is 13.0 Å². The maximum atomic E-state index is 10.4. The molecule has 4 nitrogen and oxygen atoms in total. The quantitative estimate of drug-likeness (QED) is 0.587. The zero-order valence-corrected chi connectivity index (χ0v) is 8.82. The van der Waals surface area contributed by atoms with E-state index in [0.29, 0.717) is 22.3 Å². The molecule has 0 bridgehead atoms. The zero-order chi connectivity index (χ0) is 10.7. The van der Waals surface area contributed by atoms with Gasteiger partial charge in [-0.3, -0.25) is 4.79 Å². The summed E-state index contributed by atoms with van der Waals surface area (Å²) in [5.74, 6) is 0.310. The highest BCUT2D eigenvalue weighted by atomic mass is 32.2. The molecule has 0 saturated carbocycles. The van der Waals surface area contributed by atoms with Gasteiger partial charge in [-0.15, -0.1) is 0 Å². The van der Waals surface area contributed by atoms with Gasteiger partial charge in [-0.1, -0.05) is 0 Å². The Bertz CT molecular complexity index is 482. The summed E-state index contributed by atoms with van der Waals surface area (Å²) in [6, 6.07) is 5.16. The monoisotopic (exact) mass is 220 g/mol.